The number of rotatable bonds is 4. The van der Waals surface area contributed by atoms with E-state index < -0.39 is 0 Å². The predicted molar refractivity (Wildman–Crippen MR) is 74.9 cm³/mol. The summed E-state index contributed by atoms with van der Waals surface area (Å²) in [6.07, 6.45) is 5.10. The monoisotopic (exact) mass is 277 g/mol. The van der Waals surface area contributed by atoms with Crippen molar-refractivity contribution in [2.24, 2.45) is 0 Å². The molecule has 0 saturated heterocycles. The van der Waals surface area contributed by atoms with Gasteiger partial charge in [-0.2, -0.15) is 0 Å². The van der Waals surface area contributed by atoms with Crippen LogP contribution in [-0.4, -0.2) is 27.4 Å². The van der Waals surface area contributed by atoms with Crippen LogP contribution in [0.3, 0.4) is 0 Å². The third-order valence-corrected chi connectivity index (χ3v) is 3.25. The number of benzene rings is 1. The molecule has 0 radical (unpaired) electrons. The van der Waals surface area contributed by atoms with Crippen LogP contribution in [0.5, 0.6) is 0 Å². The minimum atomic E-state index is -0.258. The zero-order chi connectivity index (χ0) is 13.8. The van der Waals surface area contributed by atoms with Crippen molar-refractivity contribution in [3.63, 3.8) is 0 Å². The molecule has 0 aliphatic carbocycles. The quantitative estimate of drug-likeness (QED) is 0.862. The van der Waals surface area contributed by atoms with E-state index in [1.165, 1.54) is 0 Å². The average molecular weight is 278 g/mol. The third-order valence-electron chi connectivity index (χ3n) is 3.01. The molecule has 1 aromatic heterocycles. The van der Waals surface area contributed by atoms with Gasteiger partial charge in [-0.1, -0.05) is 23.7 Å². The van der Waals surface area contributed by atoms with Gasteiger partial charge in [-0.15, -0.1) is 0 Å². The van der Waals surface area contributed by atoms with Crippen molar-refractivity contribution in [2.75, 3.05) is 7.05 Å². The molecule has 0 aliphatic rings. The first-order valence-electron chi connectivity index (χ1n) is 6.05. The number of hydrogen-bond acceptors (Lipinski definition) is 2. The molecule has 1 heterocycles. The van der Waals surface area contributed by atoms with E-state index in [-0.39, 0.29) is 11.9 Å². The molecule has 2 aromatic rings. The fourth-order valence-corrected chi connectivity index (χ4v) is 2.14. The second-order valence-corrected chi connectivity index (χ2v) is 4.95. The minimum absolute atomic E-state index is 0.0398. The maximum atomic E-state index is 12.3. The lowest BCUT2D eigenvalue weighted by Crippen LogP contribution is -2.32. The van der Waals surface area contributed by atoms with E-state index in [0.717, 1.165) is 5.56 Å². The molecule has 0 fully saturated rings. The lowest BCUT2D eigenvalue weighted by Gasteiger charge is -2.22. The number of likely N-dealkylation sites (N-methyl/N-ethyl adjacent to an activating group) is 1. The van der Waals surface area contributed by atoms with Crippen molar-refractivity contribution in [1.29, 1.82) is 0 Å². The van der Waals surface area contributed by atoms with Crippen molar-refractivity contribution in [2.45, 2.75) is 19.5 Å². The highest BCUT2D eigenvalue weighted by molar-refractivity contribution is 6.30. The van der Waals surface area contributed by atoms with Crippen LogP contribution in [0.15, 0.2) is 43.0 Å². The zero-order valence-electron chi connectivity index (χ0n) is 11.0. The zero-order valence-corrected chi connectivity index (χ0v) is 11.7. The first-order valence-corrected chi connectivity index (χ1v) is 6.42. The Morgan fingerprint density at radius 1 is 1.53 bits per heavy atom. The lowest BCUT2D eigenvalue weighted by atomic mass is 10.2. The van der Waals surface area contributed by atoms with Gasteiger partial charge >= 0.3 is 0 Å². The highest BCUT2D eigenvalue weighted by Crippen LogP contribution is 2.14. The second kappa shape index (κ2) is 5.89. The van der Waals surface area contributed by atoms with E-state index in [1.54, 1.807) is 35.2 Å². The van der Waals surface area contributed by atoms with E-state index in [1.807, 2.05) is 31.2 Å². The normalized spacial score (nSPS) is 12.2. The molecule has 1 atom stereocenters. The maximum Gasteiger partial charge on any atom is 0.245 e. The van der Waals surface area contributed by atoms with Crippen LogP contribution in [0, 0.1) is 0 Å². The summed E-state index contributed by atoms with van der Waals surface area (Å²) in [6.45, 7) is 2.40. The average Bonchev–Trinajstić information content (AvgIpc) is 2.90. The third kappa shape index (κ3) is 3.35. The van der Waals surface area contributed by atoms with Gasteiger partial charge in [0.15, 0.2) is 0 Å². The van der Waals surface area contributed by atoms with Crippen LogP contribution in [0.4, 0.5) is 0 Å². The van der Waals surface area contributed by atoms with Gasteiger partial charge in [0.1, 0.15) is 6.04 Å². The summed E-state index contributed by atoms with van der Waals surface area (Å²) < 4.78 is 1.79. The van der Waals surface area contributed by atoms with Crippen LogP contribution >= 0.6 is 11.6 Å². The molecule has 100 valence electrons. The molecule has 0 aliphatic heterocycles. The van der Waals surface area contributed by atoms with Crippen LogP contribution in [0.25, 0.3) is 0 Å². The number of imidazole rings is 1. The molecule has 0 saturated carbocycles. The second-order valence-electron chi connectivity index (χ2n) is 4.51. The predicted octanol–water partition coefficient (Wildman–Crippen LogP) is 2.76. The summed E-state index contributed by atoms with van der Waals surface area (Å²) in [4.78, 5) is 17.9. The Kier molecular flexibility index (Phi) is 4.22. The number of halogens is 1. The molecule has 0 bridgehead atoms. The number of nitrogens with zero attached hydrogens (tertiary/aromatic N) is 3. The summed E-state index contributed by atoms with van der Waals surface area (Å²) in [5, 5.41) is 0.681. The van der Waals surface area contributed by atoms with Crippen LogP contribution in [-0.2, 0) is 11.3 Å². The van der Waals surface area contributed by atoms with E-state index >= 15 is 0 Å². The molecular weight excluding hydrogens is 262 g/mol. The molecule has 1 aromatic carbocycles. The number of aromatic nitrogens is 2. The van der Waals surface area contributed by atoms with Crippen molar-refractivity contribution >= 4 is 17.5 Å². The number of carbonyl (C=O) groups excluding carboxylic acids is 1. The smallest absolute Gasteiger partial charge is 0.245 e. The molecule has 2 rings (SSSR count). The van der Waals surface area contributed by atoms with Gasteiger partial charge in [0.05, 0.1) is 6.33 Å². The van der Waals surface area contributed by atoms with Gasteiger partial charge < -0.3 is 9.47 Å². The van der Waals surface area contributed by atoms with Gasteiger partial charge in [0.25, 0.3) is 0 Å². The number of amides is 1. The SMILES string of the molecule is C[C@@H](C(=O)N(C)Cc1cccc(Cl)c1)n1ccnc1. The molecule has 1 amide bonds. The van der Waals surface area contributed by atoms with E-state index in [0.29, 0.717) is 11.6 Å². The van der Waals surface area contributed by atoms with Crippen molar-refractivity contribution in [1.82, 2.24) is 14.5 Å². The highest BCUT2D eigenvalue weighted by Gasteiger charge is 2.18. The van der Waals surface area contributed by atoms with Crippen molar-refractivity contribution in [3.8, 4) is 0 Å². The minimum Gasteiger partial charge on any atom is -0.340 e. The van der Waals surface area contributed by atoms with Gasteiger partial charge in [0.2, 0.25) is 5.91 Å². The van der Waals surface area contributed by atoms with Crippen LogP contribution < -0.4 is 0 Å². The molecule has 19 heavy (non-hydrogen) atoms. The fourth-order valence-electron chi connectivity index (χ4n) is 1.93. The highest BCUT2D eigenvalue weighted by atomic mass is 35.5. The van der Waals surface area contributed by atoms with Gasteiger partial charge in [-0.3, -0.25) is 4.79 Å². The summed E-state index contributed by atoms with van der Waals surface area (Å²) in [5.74, 6) is 0.0398. The largest absolute Gasteiger partial charge is 0.340 e. The molecular formula is C14H16ClN3O. The summed E-state index contributed by atoms with van der Waals surface area (Å²) in [7, 11) is 1.79. The Bertz CT molecular complexity index is 554. The van der Waals surface area contributed by atoms with Crippen molar-refractivity contribution < 1.29 is 4.79 Å². The summed E-state index contributed by atoms with van der Waals surface area (Å²) in [6, 6.07) is 7.27. The number of carbonyl (C=O) groups is 1. The number of hydrogen-bond donors (Lipinski definition) is 0. The molecule has 0 unspecified atom stereocenters. The van der Waals surface area contributed by atoms with E-state index in [2.05, 4.69) is 4.98 Å². The fraction of sp³-hybridized carbons (Fsp3) is 0.286. The molecule has 0 N–H and O–H groups in total. The van der Waals surface area contributed by atoms with Crippen LogP contribution in [0.2, 0.25) is 5.02 Å². The first-order chi connectivity index (χ1) is 9.08. The van der Waals surface area contributed by atoms with Gasteiger partial charge in [-0.25, -0.2) is 4.98 Å². The Morgan fingerprint density at radius 2 is 2.32 bits per heavy atom. The van der Waals surface area contributed by atoms with Crippen LogP contribution in [0.1, 0.15) is 18.5 Å². The van der Waals surface area contributed by atoms with Crippen molar-refractivity contribution in [3.05, 3.63) is 53.6 Å². The Hall–Kier alpha value is -1.81. The lowest BCUT2D eigenvalue weighted by molar-refractivity contribution is -0.133. The molecule has 0 spiro atoms. The standard InChI is InChI=1S/C14H16ClN3O/c1-11(18-7-6-16-10-18)14(19)17(2)9-12-4-3-5-13(15)8-12/h3-8,10-11H,9H2,1-2H3/t11-/m0/s1. The molecule has 5 heteroatoms. The Balaban J connectivity index is 2.03. The van der Waals surface area contributed by atoms with E-state index in [9.17, 15) is 4.79 Å². The maximum absolute atomic E-state index is 12.3. The Morgan fingerprint density at radius 3 is 2.95 bits per heavy atom. The van der Waals surface area contributed by atoms with Gasteiger partial charge in [0, 0.05) is 31.0 Å². The summed E-state index contributed by atoms with van der Waals surface area (Å²) in [5.41, 5.74) is 1.01. The molecule has 4 nitrogen and oxygen atoms in total. The topological polar surface area (TPSA) is 38.1 Å². The van der Waals surface area contributed by atoms with Gasteiger partial charge in [-0.05, 0) is 24.6 Å². The Labute approximate surface area is 117 Å². The van der Waals surface area contributed by atoms with E-state index in [4.69, 9.17) is 11.6 Å². The first kappa shape index (κ1) is 13.6. The summed E-state index contributed by atoms with van der Waals surface area (Å²) >= 11 is 5.94.